The number of hydrogen-bond donors (Lipinski definition) is 1. The highest BCUT2D eigenvalue weighted by Crippen LogP contribution is 2.22. The lowest BCUT2D eigenvalue weighted by atomic mass is 10.0. The Hall–Kier alpha value is -3.46. The molecule has 41 heavy (non-hydrogen) atoms. The highest BCUT2D eigenvalue weighted by atomic mass is 35.5. The van der Waals surface area contributed by atoms with E-state index in [2.05, 4.69) is 11.9 Å². The van der Waals surface area contributed by atoms with Crippen LogP contribution < -0.4 is 5.32 Å². The van der Waals surface area contributed by atoms with Crippen molar-refractivity contribution in [1.29, 1.82) is 0 Å². The van der Waals surface area contributed by atoms with E-state index in [1.807, 2.05) is 42.5 Å². The third kappa shape index (κ3) is 8.28. The maximum atomic E-state index is 13.8. The third-order valence-corrected chi connectivity index (χ3v) is 9.38. The van der Waals surface area contributed by atoms with Crippen LogP contribution in [0.25, 0.3) is 0 Å². The van der Waals surface area contributed by atoms with Crippen LogP contribution in [-0.2, 0) is 39.0 Å². The molecule has 0 radical (unpaired) electrons. The van der Waals surface area contributed by atoms with E-state index < -0.39 is 16.1 Å². The molecular weight excluding hydrogens is 558 g/mol. The standard InChI is InChI=1S/C32H36ClN3O4S/c1-2-20-34-32(38)30(23-26-8-4-3-5-9-26)36(24-27-10-15-28(33)16-11-27)31(37)19-14-25-12-17-29(18-13-25)41(39,40)35-21-6-7-22-35/h2-5,8-13,15-18,30H,1,6-7,14,19-24H2,(H,34,38). The van der Waals surface area contributed by atoms with Gasteiger partial charge in [0, 0.05) is 44.0 Å². The molecule has 1 aliphatic rings. The zero-order valence-electron chi connectivity index (χ0n) is 23.0. The largest absolute Gasteiger partial charge is 0.351 e. The number of hydrogen-bond acceptors (Lipinski definition) is 4. The number of sulfonamides is 1. The average molecular weight is 594 g/mol. The van der Waals surface area contributed by atoms with E-state index >= 15 is 0 Å². The van der Waals surface area contributed by atoms with Crippen molar-refractivity contribution in [1.82, 2.24) is 14.5 Å². The van der Waals surface area contributed by atoms with E-state index in [0.29, 0.717) is 37.5 Å². The maximum absolute atomic E-state index is 13.8. The summed E-state index contributed by atoms with van der Waals surface area (Å²) in [5, 5.41) is 3.46. The van der Waals surface area contributed by atoms with Crippen molar-refractivity contribution in [2.24, 2.45) is 0 Å². The van der Waals surface area contributed by atoms with E-state index in [0.717, 1.165) is 29.5 Å². The molecule has 0 aromatic heterocycles. The smallest absolute Gasteiger partial charge is 0.243 e. The number of nitrogens with one attached hydrogen (secondary N) is 1. The predicted molar refractivity (Wildman–Crippen MR) is 162 cm³/mol. The summed E-state index contributed by atoms with van der Waals surface area (Å²) < 4.78 is 27.3. The topological polar surface area (TPSA) is 86.8 Å². The van der Waals surface area contributed by atoms with Crippen LogP contribution in [0.1, 0.15) is 36.0 Å². The van der Waals surface area contributed by atoms with Gasteiger partial charge in [-0.2, -0.15) is 4.31 Å². The van der Waals surface area contributed by atoms with Crippen molar-refractivity contribution >= 4 is 33.4 Å². The Morgan fingerprint density at radius 2 is 1.56 bits per heavy atom. The van der Waals surface area contributed by atoms with Gasteiger partial charge in [-0.3, -0.25) is 9.59 Å². The lowest BCUT2D eigenvalue weighted by molar-refractivity contribution is -0.141. The molecule has 1 fully saturated rings. The second-order valence-corrected chi connectivity index (χ2v) is 12.5. The zero-order chi connectivity index (χ0) is 29.2. The minimum absolute atomic E-state index is 0.159. The van der Waals surface area contributed by atoms with E-state index in [4.69, 9.17) is 11.6 Å². The number of carbonyl (C=O) groups is 2. The Labute approximate surface area is 247 Å². The molecule has 2 amide bonds. The number of rotatable bonds is 13. The molecular formula is C32H36ClN3O4S. The first-order valence-electron chi connectivity index (χ1n) is 13.8. The molecule has 1 N–H and O–H groups in total. The van der Waals surface area contributed by atoms with Gasteiger partial charge in [0.05, 0.1) is 4.90 Å². The molecule has 3 aromatic carbocycles. The normalized spacial score (nSPS) is 14.4. The summed E-state index contributed by atoms with van der Waals surface area (Å²) >= 11 is 6.09. The first-order valence-corrected chi connectivity index (χ1v) is 15.7. The average Bonchev–Trinajstić information content (AvgIpc) is 3.54. The van der Waals surface area contributed by atoms with Crippen molar-refractivity contribution in [3.63, 3.8) is 0 Å². The number of halogens is 1. The Kier molecular flexibility index (Phi) is 10.7. The molecule has 0 bridgehead atoms. The van der Waals surface area contributed by atoms with Crippen LogP contribution in [0.5, 0.6) is 0 Å². The molecule has 0 saturated carbocycles. The van der Waals surface area contributed by atoms with Gasteiger partial charge in [0.1, 0.15) is 6.04 Å². The monoisotopic (exact) mass is 593 g/mol. The van der Waals surface area contributed by atoms with Gasteiger partial charge in [-0.15, -0.1) is 6.58 Å². The molecule has 0 aliphatic carbocycles. The quantitative estimate of drug-likeness (QED) is 0.283. The summed E-state index contributed by atoms with van der Waals surface area (Å²) in [6, 6.07) is 22.8. The Bertz CT molecular complexity index is 1420. The Morgan fingerprint density at radius 1 is 0.927 bits per heavy atom. The number of amides is 2. The summed E-state index contributed by atoms with van der Waals surface area (Å²) in [6.07, 6.45) is 4.28. The Morgan fingerprint density at radius 3 is 2.20 bits per heavy atom. The Balaban J connectivity index is 1.54. The van der Waals surface area contributed by atoms with Gasteiger partial charge in [-0.1, -0.05) is 72.3 Å². The second kappa shape index (κ2) is 14.4. The van der Waals surface area contributed by atoms with Gasteiger partial charge in [-0.05, 0) is 60.2 Å². The fraction of sp³-hybridized carbons (Fsp3) is 0.312. The minimum atomic E-state index is -3.50. The highest BCUT2D eigenvalue weighted by Gasteiger charge is 2.30. The minimum Gasteiger partial charge on any atom is -0.351 e. The van der Waals surface area contributed by atoms with Crippen molar-refractivity contribution in [2.45, 2.75) is 49.6 Å². The van der Waals surface area contributed by atoms with Crippen molar-refractivity contribution in [3.8, 4) is 0 Å². The molecule has 3 aromatic rings. The van der Waals surface area contributed by atoms with Gasteiger partial charge in [-0.25, -0.2) is 8.42 Å². The van der Waals surface area contributed by atoms with Gasteiger partial charge < -0.3 is 10.2 Å². The molecule has 1 saturated heterocycles. The van der Waals surface area contributed by atoms with Gasteiger partial charge in [0.25, 0.3) is 0 Å². The van der Waals surface area contributed by atoms with Crippen LogP contribution in [0, 0.1) is 0 Å². The molecule has 0 spiro atoms. The molecule has 4 rings (SSSR count). The SMILES string of the molecule is C=CCNC(=O)C(Cc1ccccc1)N(Cc1ccc(Cl)cc1)C(=O)CCc1ccc(S(=O)(=O)N2CCCC2)cc1. The van der Waals surface area contributed by atoms with Gasteiger partial charge in [0.2, 0.25) is 21.8 Å². The van der Waals surface area contributed by atoms with Crippen molar-refractivity contribution in [2.75, 3.05) is 19.6 Å². The lowest BCUT2D eigenvalue weighted by Gasteiger charge is -2.31. The van der Waals surface area contributed by atoms with Gasteiger partial charge >= 0.3 is 0 Å². The summed E-state index contributed by atoms with van der Waals surface area (Å²) in [6.45, 7) is 5.32. The van der Waals surface area contributed by atoms with Crippen molar-refractivity contribution in [3.05, 3.63) is 113 Å². The number of nitrogens with zero attached hydrogens (tertiary/aromatic N) is 2. The lowest BCUT2D eigenvalue weighted by Crippen LogP contribution is -2.50. The maximum Gasteiger partial charge on any atom is 0.243 e. The fourth-order valence-corrected chi connectivity index (χ4v) is 6.57. The van der Waals surface area contributed by atoms with E-state index in [-0.39, 0.29) is 29.7 Å². The van der Waals surface area contributed by atoms with E-state index in [9.17, 15) is 18.0 Å². The molecule has 7 nitrogen and oxygen atoms in total. The van der Waals surface area contributed by atoms with Crippen molar-refractivity contribution < 1.29 is 18.0 Å². The predicted octanol–water partition coefficient (Wildman–Crippen LogP) is 5.00. The fourth-order valence-electron chi connectivity index (χ4n) is 4.93. The van der Waals surface area contributed by atoms with Crippen LogP contribution in [0.4, 0.5) is 0 Å². The first kappa shape index (κ1) is 30.5. The molecule has 9 heteroatoms. The van der Waals surface area contributed by atoms with Gasteiger partial charge in [0.15, 0.2) is 0 Å². The van der Waals surface area contributed by atoms with E-state index in [1.165, 1.54) is 4.31 Å². The van der Waals surface area contributed by atoms with Crippen LogP contribution >= 0.6 is 11.6 Å². The number of aryl methyl sites for hydroxylation is 1. The summed E-state index contributed by atoms with van der Waals surface area (Å²) in [7, 11) is -3.50. The van der Waals surface area contributed by atoms with Crippen LogP contribution in [0.2, 0.25) is 5.02 Å². The molecule has 1 aliphatic heterocycles. The summed E-state index contributed by atoms with van der Waals surface area (Å²) in [5.74, 6) is -0.434. The van der Waals surface area contributed by atoms with E-state index in [1.54, 1.807) is 47.4 Å². The van der Waals surface area contributed by atoms with Crippen LogP contribution in [0.3, 0.4) is 0 Å². The molecule has 1 heterocycles. The summed E-state index contributed by atoms with van der Waals surface area (Å²) in [5.41, 5.74) is 2.64. The van der Waals surface area contributed by atoms with Crippen LogP contribution in [-0.4, -0.2) is 55.1 Å². The zero-order valence-corrected chi connectivity index (χ0v) is 24.6. The highest BCUT2D eigenvalue weighted by molar-refractivity contribution is 7.89. The molecule has 1 atom stereocenters. The van der Waals surface area contributed by atoms with Crippen LogP contribution in [0.15, 0.2) is 96.4 Å². The molecule has 216 valence electrons. The second-order valence-electron chi connectivity index (χ2n) is 10.1. The third-order valence-electron chi connectivity index (χ3n) is 7.21. The molecule has 1 unspecified atom stereocenters. The summed E-state index contributed by atoms with van der Waals surface area (Å²) in [4.78, 5) is 29.1. The first-order chi connectivity index (χ1) is 19.8. The number of carbonyl (C=O) groups excluding carboxylic acids is 2. The number of benzene rings is 3.